The van der Waals surface area contributed by atoms with Gasteiger partial charge >= 0.3 is 0 Å². The Hall–Kier alpha value is -2.22. The number of Topliss-reactive ketones (excluding diaryl/α,β-unsaturated/α-hetero) is 2. The normalized spacial score (nSPS) is 21.0. The zero-order valence-corrected chi connectivity index (χ0v) is 15.3. The Bertz CT molecular complexity index is 789. The van der Waals surface area contributed by atoms with Gasteiger partial charge in [0.05, 0.1) is 0 Å². The van der Waals surface area contributed by atoms with Crippen molar-refractivity contribution >= 4 is 11.6 Å². The molecular weight excluding hydrogens is 308 g/mol. The average Bonchev–Trinajstić information content (AvgIpc) is 2.65. The SMILES string of the molecule is Cc1cc2c(cc1C)C(=O)C[C@H](C)[C@H](C(=O)c1ccccc1)CCC2. The van der Waals surface area contributed by atoms with Crippen LogP contribution in [0.3, 0.4) is 0 Å². The fraction of sp³-hybridized carbons (Fsp3) is 0.391. The van der Waals surface area contributed by atoms with Crippen molar-refractivity contribution in [3.63, 3.8) is 0 Å². The fourth-order valence-corrected chi connectivity index (χ4v) is 3.89. The highest BCUT2D eigenvalue weighted by Gasteiger charge is 2.29. The summed E-state index contributed by atoms with van der Waals surface area (Å²) < 4.78 is 0. The quantitative estimate of drug-likeness (QED) is 0.694. The van der Waals surface area contributed by atoms with Gasteiger partial charge in [0, 0.05) is 23.5 Å². The lowest BCUT2D eigenvalue weighted by molar-refractivity contribution is 0.0839. The Labute approximate surface area is 150 Å². The van der Waals surface area contributed by atoms with Crippen molar-refractivity contribution in [3.8, 4) is 0 Å². The van der Waals surface area contributed by atoms with Crippen LogP contribution in [0.5, 0.6) is 0 Å². The van der Waals surface area contributed by atoms with E-state index < -0.39 is 0 Å². The van der Waals surface area contributed by atoms with E-state index in [9.17, 15) is 9.59 Å². The molecule has 1 aliphatic carbocycles. The maximum Gasteiger partial charge on any atom is 0.166 e. The molecule has 0 bridgehead atoms. The number of hydrogen-bond donors (Lipinski definition) is 0. The molecule has 0 radical (unpaired) electrons. The second-order valence-electron chi connectivity index (χ2n) is 7.43. The molecule has 0 saturated heterocycles. The number of fused-ring (bicyclic) bond motifs is 1. The van der Waals surface area contributed by atoms with Gasteiger partial charge in [-0.2, -0.15) is 0 Å². The van der Waals surface area contributed by atoms with Crippen molar-refractivity contribution in [2.45, 2.75) is 46.5 Å². The first kappa shape index (κ1) is 17.6. The Morgan fingerprint density at radius 3 is 2.44 bits per heavy atom. The zero-order valence-electron chi connectivity index (χ0n) is 15.3. The highest BCUT2D eigenvalue weighted by atomic mass is 16.1. The summed E-state index contributed by atoms with van der Waals surface area (Å²) in [5.74, 6) is 0.341. The van der Waals surface area contributed by atoms with Crippen LogP contribution in [0.15, 0.2) is 42.5 Å². The van der Waals surface area contributed by atoms with Crippen LogP contribution in [0.1, 0.15) is 63.6 Å². The van der Waals surface area contributed by atoms with Gasteiger partial charge in [0.25, 0.3) is 0 Å². The summed E-state index contributed by atoms with van der Waals surface area (Å²) >= 11 is 0. The van der Waals surface area contributed by atoms with Crippen LogP contribution in [0, 0.1) is 25.7 Å². The van der Waals surface area contributed by atoms with Crippen LogP contribution in [-0.4, -0.2) is 11.6 Å². The third-order valence-electron chi connectivity index (χ3n) is 5.57. The first-order valence-electron chi connectivity index (χ1n) is 9.20. The molecule has 0 heterocycles. The van der Waals surface area contributed by atoms with Crippen LogP contribution >= 0.6 is 0 Å². The van der Waals surface area contributed by atoms with E-state index in [1.54, 1.807) is 0 Å². The summed E-state index contributed by atoms with van der Waals surface area (Å²) in [6, 6.07) is 13.7. The minimum absolute atomic E-state index is 0.0627. The highest BCUT2D eigenvalue weighted by molar-refractivity contribution is 6.00. The van der Waals surface area contributed by atoms with Crippen molar-refractivity contribution in [3.05, 3.63) is 70.3 Å². The minimum Gasteiger partial charge on any atom is -0.294 e. The number of rotatable bonds is 2. The molecule has 2 nitrogen and oxygen atoms in total. The molecule has 2 heteroatoms. The van der Waals surface area contributed by atoms with Crippen molar-refractivity contribution in [1.29, 1.82) is 0 Å². The molecule has 0 fully saturated rings. The van der Waals surface area contributed by atoms with Gasteiger partial charge in [-0.05, 0) is 61.8 Å². The predicted molar refractivity (Wildman–Crippen MR) is 101 cm³/mol. The molecule has 0 aliphatic heterocycles. The molecule has 0 spiro atoms. The lowest BCUT2D eigenvalue weighted by atomic mass is 9.81. The number of aryl methyl sites for hydroxylation is 3. The Morgan fingerprint density at radius 1 is 1.04 bits per heavy atom. The fourth-order valence-electron chi connectivity index (χ4n) is 3.89. The molecule has 0 saturated carbocycles. The van der Waals surface area contributed by atoms with Crippen molar-refractivity contribution in [2.24, 2.45) is 11.8 Å². The van der Waals surface area contributed by atoms with E-state index in [4.69, 9.17) is 0 Å². The summed E-state index contributed by atoms with van der Waals surface area (Å²) in [6.45, 7) is 6.20. The molecular formula is C23H26O2. The van der Waals surface area contributed by atoms with Gasteiger partial charge in [0.15, 0.2) is 11.6 Å². The Morgan fingerprint density at radius 2 is 1.72 bits per heavy atom. The molecule has 0 aromatic heterocycles. The molecule has 25 heavy (non-hydrogen) atoms. The van der Waals surface area contributed by atoms with E-state index >= 15 is 0 Å². The summed E-state index contributed by atoms with van der Waals surface area (Å²) in [6.07, 6.45) is 3.09. The van der Waals surface area contributed by atoms with Crippen LogP contribution < -0.4 is 0 Å². The van der Waals surface area contributed by atoms with E-state index in [-0.39, 0.29) is 23.4 Å². The summed E-state index contributed by atoms with van der Waals surface area (Å²) in [7, 11) is 0. The van der Waals surface area contributed by atoms with Crippen molar-refractivity contribution in [1.82, 2.24) is 0 Å². The topological polar surface area (TPSA) is 34.1 Å². The smallest absolute Gasteiger partial charge is 0.166 e. The van der Waals surface area contributed by atoms with E-state index in [1.165, 1.54) is 5.56 Å². The van der Waals surface area contributed by atoms with Gasteiger partial charge in [0.1, 0.15) is 0 Å². The van der Waals surface area contributed by atoms with Crippen LogP contribution in [0.4, 0.5) is 0 Å². The number of hydrogen-bond acceptors (Lipinski definition) is 2. The molecule has 0 unspecified atom stereocenters. The monoisotopic (exact) mass is 334 g/mol. The summed E-state index contributed by atoms with van der Waals surface area (Å²) in [5, 5.41) is 0. The van der Waals surface area contributed by atoms with Gasteiger partial charge in [-0.15, -0.1) is 0 Å². The van der Waals surface area contributed by atoms with E-state index in [0.717, 1.165) is 41.5 Å². The van der Waals surface area contributed by atoms with E-state index in [0.29, 0.717) is 6.42 Å². The number of ketones is 2. The predicted octanol–water partition coefficient (Wildman–Crippen LogP) is 5.35. The summed E-state index contributed by atoms with van der Waals surface area (Å²) in [4.78, 5) is 25.8. The van der Waals surface area contributed by atoms with Crippen molar-refractivity contribution in [2.75, 3.05) is 0 Å². The van der Waals surface area contributed by atoms with Crippen LogP contribution in [-0.2, 0) is 6.42 Å². The Balaban J connectivity index is 1.89. The van der Waals surface area contributed by atoms with E-state index in [2.05, 4.69) is 26.8 Å². The largest absolute Gasteiger partial charge is 0.294 e. The lowest BCUT2D eigenvalue weighted by Gasteiger charge is -2.21. The maximum absolute atomic E-state index is 13.0. The second-order valence-corrected chi connectivity index (χ2v) is 7.43. The Kier molecular flexibility index (Phi) is 5.17. The average molecular weight is 334 g/mol. The number of carbonyl (C=O) groups excluding carboxylic acids is 2. The maximum atomic E-state index is 13.0. The van der Waals surface area contributed by atoms with Gasteiger partial charge in [-0.1, -0.05) is 43.3 Å². The minimum atomic E-state index is -0.0807. The lowest BCUT2D eigenvalue weighted by Crippen LogP contribution is -2.24. The van der Waals surface area contributed by atoms with E-state index in [1.807, 2.05) is 36.4 Å². The van der Waals surface area contributed by atoms with Gasteiger partial charge in [0.2, 0.25) is 0 Å². The molecule has 2 aromatic rings. The first-order chi connectivity index (χ1) is 12.0. The standard InChI is InChI=1S/C23H26O2/c1-15-12-19-10-7-11-20(23(25)18-8-5-4-6-9-18)17(3)14-22(24)21(19)13-16(15)2/h4-6,8-9,12-13,17,20H,7,10-11,14H2,1-3H3/t17-,20+/m0/s1. The van der Waals surface area contributed by atoms with Gasteiger partial charge in [-0.3, -0.25) is 9.59 Å². The third-order valence-corrected chi connectivity index (χ3v) is 5.57. The summed E-state index contributed by atoms with van der Waals surface area (Å²) in [5.41, 5.74) is 5.16. The highest BCUT2D eigenvalue weighted by Crippen LogP contribution is 2.31. The van der Waals surface area contributed by atoms with Crippen LogP contribution in [0.25, 0.3) is 0 Å². The molecule has 0 N–H and O–H groups in total. The first-order valence-corrected chi connectivity index (χ1v) is 9.20. The third kappa shape index (κ3) is 3.73. The molecule has 3 rings (SSSR count). The molecule has 2 atom stereocenters. The van der Waals surface area contributed by atoms with Crippen LogP contribution in [0.2, 0.25) is 0 Å². The second kappa shape index (κ2) is 7.35. The number of benzene rings is 2. The molecule has 0 amide bonds. The molecule has 2 aromatic carbocycles. The molecule has 1 aliphatic rings. The van der Waals surface area contributed by atoms with Crippen molar-refractivity contribution < 1.29 is 9.59 Å². The number of carbonyl (C=O) groups is 2. The van der Waals surface area contributed by atoms with Gasteiger partial charge < -0.3 is 0 Å². The van der Waals surface area contributed by atoms with Gasteiger partial charge in [-0.25, -0.2) is 0 Å². The zero-order chi connectivity index (χ0) is 18.0. The molecule has 130 valence electrons.